The van der Waals surface area contributed by atoms with E-state index in [0.29, 0.717) is 29.2 Å². The lowest BCUT2D eigenvalue weighted by Crippen LogP contribution is -2.33. The number of aryl methyl sites for hydroxylation is 1. The molecule has 1 atom stereocenters. The highest BCUT2D eigenvalue weighted by Gasteiger charge is 2.33. The van der Waals surface area contributed by atoms with Gasteiger partial charge in [0.05, 0.1) is 5.69 Å². The van der Waals surface area contributed by atoms with Gasteiger partial charge in [0.25, 0.3) is 11.8 Å². The first-order valence-corrected chi connectivity index (χ1v) is 12.2. The number of benzene rings is 4. The van der Waals surface area contributed by atoms with Gasteiger partial charge in [0.15, 0.2) is 0 Å². The van der Waals surface area contributed by atoms with Crippen LogP contribution in [0, 0.1) is 6.92 Å². The summed E-state index contributed by atoms with van der Waals surface area (Å²) in [5.41, 5.74) is 10.6. The van der Waals surface area contributed by atoms with E-state index in [0.717, 1.165) is 21.9 Å². The number of nitrogens with one attached hydrogen (secondary N) is 2. The molecule has 8 heteroatoms. The fraction of sp³-hybridized carbons (Fsp3) is 0.133. The second-order valence-electron chi connectivity index (χ2n) is 9.47. The predicted octanol–water partition coefficient (Wildman–Crippen LogP) is 5.17. The molecule has 2 amide bonds. The Morgan fingerprint density at radius 1 is 1.00 bits per heavy atom. The number of aromatic hydroxyl groups is 2. The summed E-state index contributed by atoms with van der Waals surface area (Å²) in [5.74, 6) is -0.341. The first-order valence-electron chi connectivity index (χ1n) is 12.2. The summed E-state index contributed by atoms with van der Waals surface area (Å²) < 4.78 is 0. The standard InChI is InChI=1S/C30H28N4O4/c1-17-4-3-5-23-26(36)14-25-28(27(17)23)18(2)16-34(25)30(38)24(31)15-32-20-8-10-21(11-9-20)33-29(37)19-6-12-22(35)13-7-19/h3-15,18,32,35-36H,16,31H2,1-2H3,(H,33,37)/b24-15-. The number of nitrogens with two attached hydrogens (primary N) is 1. The molecule has 0 bridgehead atoms. The summed E-state index contributed by atoms with van der Waals surface area (Å²) in [6.07, 6.45) is 1.45. The number of hydrogen-bond acceptors (Lipinski definition) is 6. The molecule has 1 heterocycles. The first kappa shape index (κ1) is 24.7. The summed E-state index contributed by atoms with van der Waals surface area (Å²) in [7, 11) is 0. The van der Waals surface area contributed by atoms with Gasteiger partial charge in [-0.1, -0.05) is 25.1 Å². The van der Waals surface area contributed by atoms with Crippen LogP contribution < -0.4 is 21.3 Å². The third kappa shape index (κ3) is 4.59. The molecule has 5 rings (SSSR count). The summed E-state index contributed by atoms with van der Waals surface area (Å²) in [5, 5.41) is 27.6. The van der Waals surface area contributed by atoms with E-state index in [1.807, 2.05) is 25.1 Å². The van der Waals surface area contributed by atoms with E-state index in [9.17, 15) is 19.8 Å². The van der Waals surface area contributed by atoms with E-state index in [2.05, 4.69) is 17.6 Å². The molecule has 0 saturated heterocycles. The molecule has 1 unspecified atom stereocenters. The van der Waals surface area contributed by atoms with Crippen LogP contribution in [-0.2, 0) is 4.79 Å². The maximum Gasteiger partial charge on any atom is 0.275 e. The normalized spacial score (nSPS) is 14.8. The highest BCUT2D eigenvalue weighted by atomic mass is 16.3. The number of nitrogens with zero attached hydrogens (tertiary/aromatic N) is 1. The van der Waals surface area contributed by atoms with Crippen LogP contribution >= 0.6 is 0 Å². The van der Waals surface area contributed by atoms with Gasteiger partial charge >= 0.3 is 0 Å². The number of hydrogen-bond donors (Lipinski definition) is 5. The van der Waals surface area contributed by atoms with Gasteiger partial charge in [0.1, 0.15) is 17.2 Å². The van der Waals surface area contributed by atoms with Gasteiger partial charge in [0, 0.05) is 47.1 Å². The van der Waals surface area contributed by atoms with E-state index < -0.39 is 0 Å². The van der Waals surface area contributed by atoms with E-state index in [1.54, 1.807) is 35.2 Å². The lowest BCUT2D eigenvalue weighted by atomic mass is 9.93. The van der Waals surface area contributed by atoms with Crippen molar-refractivity contribution in [2.45, 2.75) is 19.8 Å². The molecular formula is C30H28N4O4. The molecule has 0 spiro atoms. The fourth-order valence-corrected chi connectivity index (χ4v) is 4.87. The van der Waals surface area contributed by atoms with E-state index in [4.69, 9.17) is 5.73 Å². The van der Waals surface area contributed by atoms with Gasteiger partial charge in [-0.3, -0.25) is 9.59 Å². The number of fused-ring (bicyclic) bond motifs is 3. The van der Waals surface area contributed by atoms with Crippen molar-refractivity contribution in [2.75, 3.05) is 22.1 Å². The average molecular weight is 509 g/mol. The molecule has 0 aromatic heterocycles. The minimum atomic E-state index is -0.354. The number of carbonyl (C=O) groups is 2. The smallest absolute Gasteiger partial charge is 0.275 e. The van der Waals surface area contributed by atoms with Gasteiger partial charge in [-0.05, 0) is 72.0 Å². The Balaban J connectivity index is 1.29. The Kier molecular flexibility index (Phi) is 6.38. The maximum atomic E-state index is 13.3. The van der Waals surface area contributed by atoms with E-state index in [-0.39, 0.29) is 34.9 Å². The number of anilines is 3. The van der Waals surface area contributed by atoms with Crippen LogP contribution in [0.4, 0.5) is 17.1 Å². The molecule has 4 aromatic rings. The number of phenols is 2. The van der Waals surface area contributed by atoms with Crippen LogP contribution in [0.5, 0.6) is 11.5 Å². The number of carbonyl (C=O) groups excluding carboxylic acids is 2. The minimum Gasteiger partial charge on any atom is -0.508 e. The Bertz CT molecular complexity index is 1580. The third-order valence-electron chi connectivity index (χ3n) is 6.77. The first-order chi connectivity index (χ1) is 18.2. The van der Waals surface area contributed by atoms with Crippen LogP contribution in [0.3, 0.4) is 0 Å². The summed E-state index contributed by atoms with van der Waals surface area (Å²) in [6.45, 7) is 4.53. The summed E-state index contributed by atoms with van der Waals surface area (Å²) in [4.78, 5) is 27.3. The van der Waals surface area contributed by atoms with Crippen LogP contribution in [0.15, 0.2) is 84.7 Å². The quantitative estimate of drug-likeness (QED) is 0.237. The molecular weight excluding hydrogens is 480 g/mol. The monoisotopic (exact) mass is 508 g/mol. The predicted molar refractivity (Wildman–Crippen MR) is 150 cm³/mol. The Morgan fingerprint density at radius 2 is 1.68 bits per heavy atom. The molecule has 0 radical (unpaired) electrons. The van der Waals surface area contributed by atoms with E-state index >= 15 is 0 Å². The second kappa shape index (κ2) is 9.82. The van der Waals surface area contributed by atoms with Crippen molar-refractivity contribution in [3.8, 4) is 11.5 Å². The Labute approximate surface area is 220 Å². The SMILES string of the molecule is Cc1cccc2c(O)cc3c(c12)C(C)CN3C(=O)/C(N)=C/Nc1ccc(NC(=O)c2ccc(O)cc2)cc1. The molecule has 8 nitrogen and oxygen atoms in total. The molecule has 1 aliphatic heterocycles. The zero-order chi connectivity index (χ0) is 27.0. The van der Waals surface area contributed by atoms with Gasteiger partial charge < -0.3 is 31.5 Å². The fourth-order valence-electron chi connectivity index (χ4n) is 4.87. The lowest BCUT2D eigenvalue weighted by Gasteiger charge is -2.19. The molecule has 0 saturated carbocycles. The third-order valence-corrected chi connectivity index (χ3v) is 6.77. The molecule has 0 aliphatic carbocycles. The molecule has 38 heavy (non-hydrogen) atoms. The van der Waals surface area contributed by atoms with Crippen LogP contribution in [0.2, 0.25) is 0 Å². The molecule has 192 valence electrons. The van der Waals surface area contributed by atoms with Crippen LogP contribution in [0.1, 0.15) is 34.3 Å². The average Bonchev–Trinajstić information content (AvgIpc) is 3.23. The van der Waals surface area contributed by atoms with Gasteiger partial charge in [-0.2, -0.15) is 0 Å². The molecule has 1 aliphatic rings. The zero-order valence-corrected chi connectivity index (χ0v) is 21.0. The van der Waals surface area contributed by atoms with Gasteiger partial charge in [0.2, 0.25) is 0 Å². The van der Waals surface area contributed by atoms with Gasteiger partial charge in [-0.15, -0.1) is 0 Å². The highest BCUT2D eigenvalue weighted by molar-refractivity contribution is 6.10. The number of rotatable bonds is 5. The minimum absolute atomic E-state index is 0.0270. The topological polar surface area (TPSA) is 128 Å². The van der Waals surface area contributed by atoms with E-state index in [1.165, 1.54) is 30.5 Å². The highest BCUT2D eigenvalue weighted by Crippen LogP contribution is 2.45. The van der Waals surface area contributed by atoms with Crippen molar-refractivity contribution in [1.29, 1.82) is 0 Å². The number of phenolic OH excluding ortho intramolecular Hbond substituents is 2. The number of amides is 2. The molecule has 4 aromatic carbocycles. The maximum absolute atomic E-state index is 13.3. The molecule has 6 N–H and O–H groups in total. The van der Waals surface area contributed by atoms with Crippen LogP contribution in [-0.4, -0.2) is 28.6 Å². The van der Waals surface area contributed by atoms with Crippen molar-refractivity contribution in [1.82, 2.24) is 0 Å². The summed E-state index contributed by atoms with van der Waals surface area (Å²) in [6, 6.07) is 20.4. The summed E-state index contributed by atoms with van der Waals surface area (Å²) >= 11 is 0. The van der Waals surface area contributed by atoms with Crippen LogP contribution in [0.25, 0.3) is 10.8 Å². The largest absolute Gasteiger partial charge is 0.508 e. The lowest BCUT2D eigenvalue weighted by molar-refractivity contribution is -0.115. The van der Waals surface area contributed by atoms with Crippen molar-refractivity contribution in [3.63, 3.8) is 0 Å². The Morgan fingerprint density at radius 3 is 2.39 bits per heavy atom. The van der Waals surface area contributed by atoms with Crippen molar-refractivity contribution in [3.05, 3.63) is 101 Å². The van der Waals surface area contributed by atoms with Crippen molar-refractivity contribution >= 4 is 39.6 Å². The Hall–Kier alpha value is -4.98. The van der Waals surface area contributed by atoms with Crippen molar-refractivity contribution < 1.29 is 19.8 Å². The zero-order valence-electron chi connectivity index (χ0n) is 21.0. The second-order valence-corrected chi connectivity index (χ2v) is 9.47. The molecule has 0 fully saturated rings. The van der Waals surface area contributed by atoms with Crippen molar-refractivity contribution in [2.24, 2.45) is 5.73 Å². The van der Waals surface area contributed by atoms with Gasteiger partial charge in [-0.25, -0.2) is 0 Å².